The Morgan fingerprint density at radius 2 is 1.84 bits per heavy atom. The molecule has 2 saturated heterocycles. The Labute approximate surface area is 112 Å². The highest BCUT2D eigenvalue weighted by atomic mass is 16.5. The maximum atomic E-state index is 12.2. The Morgan fingerprint density at radius 3 is 2.37 bits per heavy atom. The Bertz CT molecular complexity index is 347. The molecule has 0 aromatic carbocycles. The molecule has 2 aliphatic rings. The van der Waals surface area contributed by atoms with Crippen LogP contribution in [-0.4, -0.2) is 59.9 Å². The summed E-state index contributed by atoms with van der Waals surface area (Å²) in [6.45, 7) is 1.88. The molecule has 2 amide bonds. The van der Waals surface area contributed by atoms with E-state index in [0.717, 1.165) is 12.8 Å². The highest BCUT2D eigenvalue weighted by molar-refractivity contribution is 5.86. The van der Waals surface area contributed by atoms with E-state index in [2.05, 4.69) is 5.32 Å². The molecule has 0 radical (unpaired) electrons. The van der Waals surface area contributed by atoms with Crippen LogP contribution in [0, 0.1) is 0 Å². The molecule has 0 aromatic heterocycles. The largest absolute Gasteiger partial charge is 0.480 e. The lowest BCUT2D eigenvalue weighted by Crippen LogP contribution is -2.61. The molecular weight excluding hydrogens is 250 g/mol. The molecular formula is C12H21N3O4. The first-order chi connectivity index (χ1) is 9.03. The Kier molecular flexibility index (Phi) is 4.26. The molecule has 4 N–H and O–H groups in total. The van der Waals surface area contributed by atoms with E-state index < -0.39 is 11.5 Å². The minimum Gasteiger partial charge on any atom is -0.480 e. The quantitative estimate of drug-likeness (QED) is 0.642. The van der Waals surface area contributed by atoms with Crippen molar-refractivity contribution in [3.05, 3.63) is 0 Å². The van der Waals surface area contributed by atoms with Gasteiger partial charge in [-0.15, -0.1) is 0 Å². The van der Waals surface area contributed by atoms with Crippen molar-refractivity contribution in [2.75, 3.05) is 26.3 Å². The van der Waals surface area contributed by atoms with Gasteiger partial charge >= 0.3 is 12.0 Å². The second-order valence-corrected chi connectivity index (χ2v) is 5.25. The summed E-state index contributed by atoms with van der Waals surface area (Å²) in [7, 11) is 0. The van der Waals surface area contributed by atoms with Crippen LogP contribution in [0.4, 0.5) is 4.79 Å². The van der Waals surface area contributed by atoms with Crippen molar-refractivity contribution in [1.29, 1.82) is 0 Å². The maximum Gasteiger partial charge on any atom is 0.329 e. The number of hydrogen-bond acceptors (Lipinski definition) is 4. The molecule has 0 spiro atoms. The van der Waals surface area contributed by atoms with Crippen molar-refractivity contribution in [3.8, 4) is 0 Å². The number of carbonyl (C=O) groups excluding carboxylic acids is 1. The molecule has 0 unspecified atom stereocenters. The van der Waals surface area contributed by atoms with Gasteiger partial charge in [0.25, 0.3) is 0 Å². The van der Waals surface area contributed by atoms with Gasteiger partial charge in [0.1, 0.15) is 5.54 Å². The molecule has 2 fully saturated rings. The van der Waals surface area contributed by atoms with Gasteiger partial charge < -0.3 is 25.8 Å². The van der Waals surface area contributed by atoms with Gasteiger partial charge in [-0.3, -0.25) is 0 Å². The van der Waals surface area contributed by atoms with Gasteiger partial charge in [-0.2, -0.15) is 0 Å². The summed E-state index contributed by atoms with van der Waals surface area (Å²) in [6, 6.07) is -0.170. The first-order valence-electron chi connectivity index (χ1n) is 6.67. The van der Waals surface area contributed by atoms with E-state index in [1.165, 1.54) is 0 Å². The van der Waals surface area contributed by atoms with Crippen molar-refractivity contribution in [2.45, 2.75) is 37.3 Å². The molecule has 2 aliphatic heterocycles. The SMILES string of the molecule is NC1CCN(C(=O)NC2(C(=O)O)CCOCC2)CC1. The summed E-state index contributed by atoms with van der Waals surface area (Å²) in [4.78, 5) is 25.2. The van der Waals surface area contributed by atoms with Crippen LogP contribution >= 0.6 is 0 Å². The number of carboxylic acids is 1. The summed E-state index contributed by atoms with van der Waals surface area (Å²) in [5.41, 5.74) is 4.60. The van der Waals surface area contributed by atoms with Crippen LogP contribution in [0.25, 0.3) is 0 Å². The van der Waals surface area contributed by atoms with E-state index in [-0.39, 0.29) is 12.1 Å². The number of hydrogen-bond donors (Lipinski definition) is 3. The zero-order valence-corrected chi connectivity index (χ0v) is 10.9. The number of piperidine rings is 1. The molecule has 2 rings (SSSR count). The van der Waals surface area contributed by atoms with Crippen molar-refractivity contribution < 1.29 is 19.4 Å². The third kappa shape index (κ3) is 3.16. The lowest BCUT2D eigenvalue weighted by atomic mass is 9.90. The fourth-order valence-corrected chi connectivity index (χ4v) is 2.50. The van der Waals surface area contributed by atoms with Gasteiger partial charge in [0.05, 0.1) is 0 Å². The highest BCUT2D eigenvalue weighted by Gasteiger charge is 2.42. The van der Waals surface area contributed by atoms with Crippen molar-refractivity contribution >= 4 is 12.0 Å². The topological polar surface area (TPSA) is 105 Å². The zero-order chi connectivity index (χ0) is 13.9. The van der Waals surface area contributed by atoms with Crippen molar-refractivity contribution in [1.82, 2.24) is 10.2 Å². The van der Waals surface area contributed by atoms with Crippen LogP contribution in [0.2, 0.25) is 0 Å². The number of nitrogens with one attached hydrogen (secondary N) is 1. The number of nitrogens with two attached hydrogens (primary N) is 1. The number of likely N-dealkylation sites (tertiary alicyclic amines) is 1. The average molecular weight is 271 g/mol. The van der Waals surface area contributed by atoms with E-state index >= 15 is 0 Å². The number of aliphatic carboxylic acids is 1. The van der Waals surface area contributed by atoms with Crippen molar-refractivity contribution in [3.63, 3.8) is 0 Å². The highest BCUT2D eigenvalue weighted by Crippen LogP contribution is 2.22. The third-order valence-corrected chi connectivity index (χ3v) is 3.93. The van der Waals surface area contributed by atoms with Gasteiger partial charge in [0.15, 0.2) is 0 Å². The summed E-state index contributed by atoms with van der Waals surface area (Å²) >= 11 is 0. The van der Waals surface area contributed by atoms with Gasteiger partial charge in [-0.05, 0) is 12.8 Å². The van der Waals surface area contributed by atoms with Crippen LogP contribution in [0.15, 0.2) is 0 Å². The molecule has 0 aliphatic carbocycles. The van der Waals surface area contributed by atoms with E-state index in [4.69, 9.17) is 10.5 Å². The molecule has 0 bridgehead atoms. The number of nitrogens with zero attached hydrogens (tertiary/aromatic N) is 1. The van der Waals surface area contributed by atoms with Gasteiger partial charge in [-0.25, -0.2) is 9.59 Å². The maximum absolute atomic E-state index is 12.2. The lowest BCUT2D eigenvalue weighted by molar-refractivity contribution is -0.148. The molecule has 108 valence electrons. The molecule has 0 aromatic rings. The van der Waals surface area contributed by atoms with Crippen LogP contribution < -0.4 is 11.1 Å². The van der Waals surface area contributed by atoms with E-state index in [9.17, 15) is 14.7 Å². The average Bonchev–Trinajstić information content (AvgIpc) is 2.40. The first-order valence-corrected chi connectivity index (χ1v) is 6.67. The first kappa shape index (κ1) is 14.1. The molecule has 7 nitrogen and oxygen atoms in total. The smallest absolute Gasteiger partial charge is 0.329 e. The second-order valence-electron chi connectivity index (χ2n) is 5.25. The monoisotopic (exact) mass is 271 g/mol. The summed E-state index contributed by atoms with van der Waals surface area (Å²) in [5, 5.41) is 12.1. The minimum absolute atomic E-state index is 0.139. The number of carboxylic acid groups (broad SMARTS) is 1. The predicted octanol–water partition coefficient (Wildman–Crippen LogP) is -0.247. The van der Waals surface area contributed by atoms with E-state index in [0.29, 0.717) is 39.1 Å². The molecule has 2 heterocycles. The lowest BCUT2D eigenvalue weighted by Gasteiger charge is -2.37. The van der Waals surface area contributed by atoms with Crippen LogP contribution in [0.3, 0.4) is 0 Å². The number of urea groups is 1. The molecule has 0 atom stereocenters. The summed E-state index contributed by atoms with van der Waals surface area (Å²) in [5.74, 6) is -0.988. The zero-order valence-electron chi connectivity index (χ0n) is 10.9. The standard InChI is InChI=1S/C12H21N3O4/c13-9-1-5-15(6-2-9)11(18)14-12(10(16)17)3-7-19-8-4-12/h9H,1-8,13H2,(H,14,18)(H,16,17). The summed E-state index contributed by atoms with van der Waals surface area (Å²) < 4.78 is 5.17. The number of rotatable bonds is 2. The Morgan fingerprint density at radius 1 is 1.26 bits per heavy atom. The van der Waals surface area contributed by atoms with E-state index in [1.807, 2.05) is 0 Å². The Balaban J connectivity index is 1.97. The number of carbonyl (C=O) groups is 2. The molecule has 19 heavy (non-hydrogen) atoms. The van der Waals surface area contributed by atoms with E-state index in [1.54, 1.807) is 4.90 Å². The molecule has 0 saturated carbocycles. The number of amides is 2. The van der Waals surface area contributed by atoms with Crippen LogP contribution in [-0.2, 0) is 9.53 Å². The molecule has 7 heteroatoms. The fraction of sp³-hybridized carbons (Fsp3) is 0.833. The minimum atomic E-state index is -1.19. The van der Waals surface area contributed by atoms with Gasteiger partial charge in [0, 0.05) is 45.2 Å². The number of ether oxygens (including phenoxy) is 1. The fourth-order valence-electron chi connectivity index (χ4n) is 2.50. The normalized spacial score (nSPS) is 23.9. The summed E-state index contributed by atoms with van der Waals surface area (Å²) in [6.07, 6.45) is 2.13. The van der Waals surface area contributed by atoms with Crippen LogP contribution in [0.1, 0.15) is 25.7 Å². The van der Waals surface area contributed by atoms with Gasteiger partial charge in [-0.1, -0.05) is 0 Å². The predicted molar refractivity (Wildman–Crippen MR) is 67.7 cm³/mol. The van der Waals surface area contributed by atoms with Gasteiger partial charge in [0.2, 0.25) is 0 Å². The Hall–Kier alpha value is -1.34. The second kappa shape index (κ2) is 5.75. The van der Waals surface area contributed by atoms with Crippen LogP contribution in [0.5, 0.6) is 0 Å². The van der Waals surface area contributed by atoms with Crippen molar-refractivity contribution in [2.24, 2.45) is 5.73 Å². The third-order valence-electron chi connectivity index (χ3n) is 3.93.